The number of carboxylic acid groups (broad SMARTS) is 1. The Morgan fingerprint density at radius 3 is 1.94 bits per heavy atom. The molecule has 0 saturated heterocycles. The van der Waals surface area contributed by atoms with Crippen molar-refractivity contribution in [3.63, 3.8) is 0 Å². The summed E-state index contributed by atoms with van der Waals surface area (Å²) in [5.41, 5.74) is -0.631. The summed E-state index contributed by atoms with van der Waals surface area (Å²) in [7, 11) is 0. The number of aliphatic carboxylic acids is 1. The minimum Gasteiger partial charge on any atom is -0.480 e. The van der Waals surface area contributed by atoms with Crippen LogP contribution in [0.2, 0.25) is 0 Å². The molecule has 0 bridgehead atoms. The summed E-state index contributed by atoms with van der Waals surface area (Å²) in [6, 6.07) is -0.926. The van der Waals surface area contributed by atoms with E-state index in [9.17, 15) is 9.59 Å². The molecule has 5 nitrogen and oxygen atoms in total. The number of hydrogen-bond donors (Lipinski definition) is 2. The van der Waals surface area contributed by atoms with Crippen molar-refractivity contribution < 1.29 is 19.4 Å². The van der Waals surface area contributed by atoms with Crippen LogP contribution in [0.1, 0.15) is 41.5 Å². The maximum atomic E-state index is 11.5. The topological polar surface area (TPSA) is 75.6 Å². The lowest BCUT2D eigenvalue weighted by Crippen LogP contribution is -2.48. The van der Waals surface area contributed by atoms with Gasteiger partial charge in [0.05, 0.1) is 0 Å². The summed E-state index contributed by atoms with van der Waals surface area (Å²) >= 11 is 0. The average Bonchev–Trinajstić information content (AvgIpc) is 2.09. The SMILES string of the molecule is CC(C)C(C)[C@H](NC(=O)OC(C)(C)C)C(=O)O. The Morgan fingerprint density at radius 1 is 1.18 bits per heavy atom. The third-order valence-electron chi connectivity index (χ3n) is 2.52. The summed E-state index contributed by atoms with van der Waals surface area (Å²) in [6.45, 7) is 10.8. The van der Waals surface area contributed by atoms with Crippen molar-refractivity contribution in [2.45, 2.75) is 53.2 Å². The zero-order valence-corrected chi connectivity index (χ0v) is 11.4. The fourth-order valence-electron chi connectivity index (χ4n) is 1.24. The number of rotatable bonds is 4. The molecule has 0 aromatic carbocycles. The molecule has 17 heavy (non-hydrogen) atoms. The van der Waals surface area contributed by atoms with Crippen LogP contribution in [0.15, 0.2) is 0 Å². The van der Waals surface area contributed by atoms with E-state index in [1.807, 2.05) is 13.8 Å². The van der Waals surface area contributed by atoms with Crippen LogP contribution in [-0.4, -0.2) is 28.8 Å². The number of carboxylic acids is 1. The highest BCUT2D eigenvalue weighted by Crippen LogP contribution is 2.15. The second kappa shape index (κ2) is 5.89. The molecular weight excluding hydrogens is 222 g/mol. The summed E-state index contributed by atoms with van der Waals surface area (Å²) < 4.78 is 5.03. The van der Waals surface area contributed by atoms with Crippen molar-refractivity contribution in [3.8, 4) is 0 Å². The van der Waals surface area contributed by atoms with Crippen LogP contribution in [0, 0.1) is 11.8 Å². The summed E-state index contributed by atoms with van der Waals surface area (Å²) in [4.78, 5) is 22.6. The second-order valence-electron chi connectivity index (χ2n) is 5.57. The minimum absolute atomic E-state index is 0.158. The molecule has 5 heteroatoms. The first-order valence-electron chi connectivity index (χ1n) is 5.77. The van der Waals surface area contributed by atoms with Gasteiger partial charge in [-0.2, -0.15) is 0 Å². The summed E-state index contributed by atoms with van der Waals surface area (Å²) in [6.07, 6.45) is -0.697. The van der Waals surface area contributed by atoms with E-state index in [2.05, 4.69) is 5.32 Å². The predicted molar refractivity (Wildman–Crippen MR) is 64.8 cm³/mol. The lowest BCUT2D eigenvalue weighted by Gasteiger charge is -2.26. The van der Waals surface area contributed by atoms with E-state index < -0.39 is 23.7 Å². The molecule has 2 atom stereocenters. The third-order valence-corrected chi connectivity index (χ3v) is 2.52. The zero-order valence-electron chi connectivity index (χ0n) is 11.4. The van der Waals surface area contributed by atoms with Crippen molar-refractivity contribution in [2.24, 2.45) is 11.8 Å². The summed E-state index contributed by atoms with van der Waals surface area (Å²) in [5.74, 6) is -1.05. The molecule has 0 aliphatic heterocycles. The molecule has 0 aliphatic carbocycles. The van der Waals surface area contributed by atoms with Crippen LogP contribution in [0.25, 0.3) is 0 Å². The van der Waals surface area contributed by atoms with Gasteiger partial charge in [-0.25, -0.2) is 9.59 Å². The van der Waals surface area contributed by atoms with E-state index in [-0.39, 0.29) is 11.8 Å². The average molecular weight is 245 g/mol. The van der Waals surface area contributed by atoms with Gasteiger partial charge < -0.3 is 15.2 Å². The molecular formula is C12H23NO4. The monoisotopic (exact) mass is 245 g/mol. The van der Waals surface area contributed by atoms with Crippen LogP contribution >= 0.6 is 0 Å². The molecule has 0 rings (SSSR count). The quantitative estimate of drug-likeness (QED) is 0.796. The van der Waals surface area contributed by atoms with Gasteiger partial charge in [-0.1, -0.05) is 20.8 Å². The van der Waals surface area contributed by atoms with Crippen molar-refractivity contribution >= 4 is 12.1 Å². The van der Waals surface area contributed by atoms with E-state index in [4.69, 9.17) is 9.84 Å². The molecule has 0 radical (unpaired) electrons. The van der Waals surface area contributed by atoms with Gasteiger partial charge in [-0.3, -0.25) is 0 Å². The standard InChI is InChI=1S/C12H23NO4/c1-7(2)8(3)9(10(14)15)13-11(16)17-12(4,5)6/h7-9H,1-6H3,(H,13,16)(H,14,15)/t8?,9-/m0/s1. The van der Waals surface area contributed by atoms with Crippen LogP contribution in [0.3, 0.4) is 0 Å². The van der Waals surface area contributed by atoms with Gasteiger partial charge in [-0.15, -0.1) is 0 Å². The van der Waals surface area contributed by atoms with Crippen molar-refractivity contribution in [1.29, 1.82) is 0 Å². The van der Waals surface area contributed by atoms with Gasteiger partial charge in [0.2, 0.25) is 0 Å². The van der Waals surface area contributed by atoms with Crippen LogP contribution in [-0.2, 0) is 9.53 Å². The number of ether oxygens (including phenoxy) is 1. The third kappa shape index (κ3) is 6.14. The molecule has 0 aliphatic rings. The van der Waals surface area contributed by atoms with E-state index in [1.54, 1.807) is 27.7 Å². The number of amides is 1. The number of carbonyl (C=O) groups is 2. The first kappa shape index (κ1) is 15.7. The highest BCUT2D eigenvalue weighted by Gasteiger charge is 2.30. The molecule has 0 saturated carbocycles. The molecule has 1 amide bonds. The fourth-order valence-corrected chi connectivity index (χ4v) is 1.24. The lowest BCUT2D eigenvalue weighted by atomic mass is 9.90. The number of carbonyl (C=O) groups excluding carboxylic acids is 1. The highest BCUT2D eigenvalue weighted by atomic mass is 16.6. The van der Waals surface area contributed by atoms with Crippen LogP contribution < -0.4 is 5.32 Å². The normalized spacial score (nSPS) is 15.2. The maximum Gasteiger partial charge on any atom is 0.408 e. The number of alkyl carbamates (subject to hydrolysis) is 1. The zero-order chi connectivity index (χ0) is 13.8. The molecule has 100 valence electrons. The van der Waals surface area contributed by atoms with Gasteiger partial charge in [0.25, 0.3) is 0 Å². The van der Waals surface area contributed by atoms with Gasteiger partial charge in [-0.05, 0) is 32.6 Å². The number of nitrogens with one attached hydrogen (secondary N) is 1. The summed E-state index contributed by atoms with van der Waals surface area (Å²) in [5, 5.41) is 11.5. The smallest absolute Gasteiger partial charge is 0.408 e. The molecule has 1 unspecified atom stereocenters. The van der Waals surface area contributed by atoms with Gasteiger partial charge in [0.1, 0.15) is 11.6 Å². The molecule has 0 fully saturated rings. The van der Waals surface area contributed by atoms with Gasteiger partial charge >= 0.3 is 12.1 Å². The van der Waals surface area contributed by atoms with E-state index in [1.165, 1.54) is 0 Å². The molecule has 2 N–H and O–H groups in total. The van der Waals surface area contributed by atoms with Crippen molar-refractivity contribution in [1.82, 2.24) is 5.32 Å². The molecule has 0 aromatic heterocycles. The van der Waals surface area contributed by atoms with Crippen LogP contribution in [0.5, 0.6) is 0 Å². The van der Waals surface area contributed by atoms with Gasteiger partial charge in [0, 0.05) is 0 Å². The van der Waals surface area contributed by atoms with Crippen LogP contribution in [0.4, 0.5) is 4.79 Å². The van der Waals surface area contributed by atoms with E-state index in [0.717, 1.165) is 0 Å². The Kier molecular flexibility index (Phi) is 5.45. The largest absolute Gasteiger partial charge is 0.480 e. The first-order valence-corrected chi connectivity index (χ1v) is 5.77. The molecule has 0 spiro atoms. The Hall–Kier alpha value is -1.26. The van der Waals surface area contributed by atoms with Gasteiger partial charge in [0.15, 0.2) is 0 Å². The fraction of sp³-hybridized carbons (Fsp3) is 0.833. The Morgan fingerprint density at radius 2 is 1.65 bits per heavy atom. The maximum absolute atomic E-state index is 11.5. The number of hydrogen-bond acceptors (Lipinski definition) is 3. The lowest BCUT2D eigenvalue weighted by molar-refractivity contribution is -0.141. The predicted octanol–water partition coefficient (Wildman–Crippen LogP) is 2.26. The van der Waals surface area contributed by atoms with E-state index >= 15 is 0 Å². The van der Waals surface area contributed by atoms with E-state index in [0.29, 0.717) is 0 Å². The van der Waals surface area contributed by atoms with Crippen molar-refractivity contribution in [3.05, 3.63) is 0 Å². The highest BCUT2D eigenvalue weighted by molar-refractivity contribution is 5.80. The molecule has 0 heterocycles. The Labute approximate surface area is 103 Å². The Balaban J connectivity index is 4.57. The second-order valence-corrected chi connectivity index (χ2v) is 5.57. The molecule has 0 aromatic rings. The Bertz CT molecular complexity index is 281. The van der Waals surface area contributed by atoms with Crippen molar-refractivity contribution in [2.75, 3.05) is 0 Å². The first-order chi connectivity index (χ1) is 7.54. The minimum atomic E-state index is -1.04.